The fourth-order valence-electron chi connectivity index (χ4n) is 1.12. The molecule has 1 aromatic rings. The van der Waals surface area contributed by atoms with Gasteiger partial charge in [0.1, 0.15) is 0 Å². The zero-order valence-corrected chi connectivity index (χ0v) is 8.47. The van der Waals surface area contributed by atoms with Crippen LogP contribution in [-0.4, -0.2) is 17.3 Å². The van der Waals surface area contributed by atoms with Crippen LogP contribution < -0.4 is 0 Å². The van der Waals surface area contributed by atoms with Gasteiger partial charge in [-0.2, -0.15) is 5.26 Å². The van der Waals surface area contributed by atoms with Crippen LogP contribution >= 0.6 is 11.8 Å². The minimum Gasteiger partial charge on any atom is -0.481 e. The number of nitrogens with zero attached hydrogens (tertiary/aromatic N) is 1. The predicted octanol–water partition coefficient (Wildman–Crippen LogP) is 1.91. The molecule has 0 unspecified atom stereocenters. The second-order valence-electron chi connectivity index (χ2n) is 2.75. The molecular formula is C10H9NO2S. The molecule has 0 heterocycles. The monoisotopic (exact) mass is 207 g/mol. The number of carboxylic acids is 1. The molecule has 0 saturated heterocycles. The van der Waals surface area contributed by atoms with E-state index in [1.54, 1.807) is 18.2 Å². The smallest absolute Gasteiger partial charge is 0.307 e. The van der Waals surface area contributed by atoms with Gasteiger partial charge in [-0.05, 0) is 30.0 Å². The van der Waals surface area contributed by atoms with Crippen LogP contribution in [0.5, 0.6) is 0 Å². The average molecular weight is 207 g/mol. The van der Waals surface area contributed by atoms with Gasteiger partial charge in [0, 0.05) is 4.90 Å². The fraction of sp³-hybridized carbons (Fsp3) is 0.200. The van der Waals surface area contributed by atoms with Gasteiger partial charge in [0.2, 0.25) is 0 Å². The summed E-state index contributed by atoms with van der Waals surface area (Å²) in [6, 6.07) is 7.15. The molecule has 0 saturated carbocycles. The van der Waals surface area contributed by atoms with Crippen molar-refractivity contribution in [2.24, 2.45) is 0 Å². The highest BCUT2D eigenvalue weighted by Crippen LogP contribution is 2.19. The number of carboxylic acid groups (broad SMARTS) is 1. The summed E-state index contributed by atoms with van der Waals surface area (Å²) in [6.07, 6.45) is 1.85. The standard InChI is InChI=1S/C10H9NO2S/c1-14-9-3-7(5-10(12)13)2-8(4-9)6-11/h2-4H,5H2,1H3,(H,12,13). The lowest BCUT2D eigenvalue weighted by Crippen LogP contribution is -2.00. The lowest BCUT2D eigenvalue weighted by molar-refractivity contribution is -0.136. The van der Waals surface area contributed by atoms with E-state index in [-0.39, 0.29) is 6.42 Å². The normalized spacial score (nSPS) is 9.43. The van der Waals surface area contributed by atoms with Gasteiger partial charge < -0.3 is 5.11 Å². The van der Waals surface area contributed by atoms with Gasteiger partial charge in [-0.3, -0.25) is 4.79 Å². The van der Waals surface area contributed by atoms with Crippen LogP contribution in [0, 0.1) is 11.3 Å². The summed E-state index contributed by atoms with van der Waals surface area (Å²) in [5, 5.41) is 17.3. The molecule has 0 aliphatic heterocycles. The quantitative estimate of drug-likeness (QED) is 0.769. The number of benzene rings is 1. The molecule has 72 valence electrons. The zero-order chi connectivity index (χ0) is 10.6. The van der Waals surface area contributed by atoms with Crippen molar-refractivity contribution in [1.29, 1.82) is 5.26 Å². The van der Waals surface area contributed by atoms with E-state index in [1.165, 1.54) is 11.8 Å². The third-order valence-corrected chi connectivity index (χ3v) is 2.39. The van der Waals surface area contributed by atoms with Gasteiger partial charge in [0.15, 0.2) is 0 Å². The van der Waals surface area contributed by atoms with Gasteiger partial charge in [-0.1, -0.05) is 0 Å². The minimum atomic E-state index is -0.882. The van der Waals surface area contributed by atoms with Crippen molar-refractivity contribution >= 4 is 17.7 Å². The maximum absolute atomic E-state index is 10.5. The second-order valence-corrected chi connectivity index (χ2v) is 3.63. The van der Waals surface area contributed by atoms with Gasteiger partial charge in [-0.25, -0.2) is 0 Å². The summed E-state index contributed by atoms with van der Waals surface area (Å²) in [5.74, 6) is -0.882. The highest BCUT2D eigenvalue weighted by atomic mass is 32.2. The number of hydrogen-bond donors (Lipinski definition) is 1. The Balaban J connectivity index is 3.05. The first-order chi connectivity index (χ1) is 6.65. The third-order valence-electron chi connectivity index (χ3n) is 1.69. The van der Waals surface area contributed by atoms with E-state index in [9.17, 15) is 4.79 Å². The lowest BCUT2D eigenvalue weighted by atomic mass is 10.1. The summed E-state index contributed by atoms with van der Waals surface area (Å²) >= 11 is 1.50. The predicted molar refractivity (Wildman–Crippen MR) is 54.3 cm³/mol. The molecule has 0 radical (unpaired) electrons. The molecule has 4 heteroatoms. The Kier molecular flexibility index (Phi) is 3.55. The average Bonchev–Trinajstić information content (AvgIpc) is 2.16. The van der Waals surface area contributed by atoms with Crippen LogP contribution in [0.4, 0.5) is 0 Å². The van der Waals surface area contributed by atoms with Crippen molar-refractivity contribution < 1.29 is 9.90 Å². The van der Waals surface area contributed by atoms with E-state index in [1.807, 2.05) is 12.3 Å². The molecule has 3 nitrogen and oxygen atoms in total. The minimum absolute atomic E-state index is 0.0386. The Labute approximate surface area is 86.4 Å². The van der Waals surface area contributed by atoms with Gasteiger partial charge >= 0.3 is 5.97 Å². The Hall–Kier alpha value is -1.47. The maximum atomic E-state index is 10.5. The third kappa shape index (κ3) is 2.79. The number of aliphatic carboxylic acids is 1. The van der Waals surface area contributed by atoms with E-state index < -0.39 is 5.97 Å². The van der Waals surface area contributed by atoms with Crippen molar-refractivity contribution in [3.63, 3.8) is 0 Å². The van der Waals surface area contributed by atoms with Crippen LogP contribution in [0.1, 0.15) is 11.1 Å². The van der Waals surface area contributed by atoms with Crippen molar-refractivity contribution in [3.05, 3.63) is 29.3 Å². The maximum Gasteiger partial charge on any atom is 0.307 e. The van der Waals surface area contributed by atoms with Crippen molar-refractivity contribution in [1.82, 2.24) is 0 Å². The Morgan fingerprint density at radius 2 is 2.29 bits per heavy atom. The molecule has 1 N–H and O–H groups in total. The Morgan fingerprint density at radius 3 is 2.79 bits per heavy atom. The molecule has 0 atom stereocenters. The van der Waals surface area contributed by atoms with Gasteiger partial charge in [0.25, 0.3) is 0 Å². The van der Waals surface area contributed by atoms with E-state index in [0.717, 1.165) is 4.90 Å². The highest BCUT2D eigenvalue weighted by molar-refractivity contribution is 7.98. The molecule has 0 aliphatic rings. The largest absolute Gasteiger partial charge is 0.481 e. The zero-order valence-electron chi connectivity index (χ0n) is 7.65. The lowest BCUT2D eigenvalue weighted by Gasteiger charge is -2.01. The Bertz CT molecular complexity index is 396. The number of rotatable bonds is 3. The first-order valence-electron chi connectivity index (χ1n) is 3.95. The van der Waals surface area contributed by atoms with Crippen molar-refractivity contribution in [3.8, 4) is 6.07 Å². The SMILES string of the molecule is CSc1cc(C#N)cc(CC(=O)O)c1. The van der Waals surface area contributed by atoms with E-state index in [4.69, 9.17) is 10.4 Å². The number of nitriles is 1. The first-order valence-corrected chi connectivity index (χ1v) is 5.18. The summed E-state index contributed by atoms with van der Waals surface area (Å²) in [4.78, 5) is 11.4. The summed E-state index contributed by atoms with van der Waals surface area (Å²) in [5.41, 5.74) is 1.18. The topological polar surface area (TPSA) is 61.1 Å². The number of hydrogen-bond acceptors (Lipinski definition) is 3. The fourth-order valence-corrected chi connectivity index (χ4v) is 1.63. The van der Waals surface area contributed by atoms with E-state index in [2.05, 4.69) is 0 Å². The van der Waals surface area contributed by atoms with Crippen LogP contribution in [0.15, 0.2) is 23.1 Å². The van der Waals surface area contributed by atoms with Crippen molar-refractivity contribution in [2.45, 2.75) is 11.3 Å². The van der Waals surface area contributed by atoms with Crippen LogP contribution in [0.2, 0.25) is 0 Å². The molecule has 1 rings (SSSR count). The molecule has 0 aromatic heterocycles. The van der Waals surface area contributed by atoms with Gasteiger partial charge in [0.05, 0.1) is 18.1 Å². The van der Waals surface area contributed by atoms with Crippen molar-refractivity contribution in [2.75, 3.05) is 6.26 Å². The number of carbonyl (C=O) groups is 1. The van der Waals surface area contributed by atoms with Gasteiger partial charge in [-0.15, -0.1) is 11.8 Å². The molecule has 1 aromatic carbocycles. The molecule has 0 bridgehead atoms. The highest BCUT2D eigenvalue weighted by Gasteiger charge is 2.04. The summed E-state index contributed by atoms with van der Waals surface area (Å²) in [7, 11) is 0. The van der Waals surface area contributed by atoms with Crippen LogP contribution in [0.3, 0.4) is 0 Å². The molecule has 0 aliphatic carbocycles. The molecule has 0 amide bonds. The number of thioether (sulfide) groups is 1. The first kappa shape index (κ1) is 10.6. The molecule has 0 fully saturated rings. The summed E-state index contributed by atoms with van der Waals surface area (Å²) in [6.45, 7) is 0. The molecule has 0 spiro atoms. The Morgan fingerprint density at radius 1 is 1.57 bits per heavy atom. The second kappa shape index (κ2) is 4.68. The molecule has 14 heavy (non-hydrogen) atoms. The summed E-state index contributed by atoms with van der Waals surface area (Å²) < 4.78 is 0. The van der Waals surface area contributed by atoms with Crippen LogP contribution in [0.25, 0.3) is 0 Å². The van der Waals surface area contributed by atoms with E-state index in [0.29, 0.717) is 11.1 Å². The van der Waals surface area contributed by atoms with Crippen LogP contribution in [-0.2, 0) is 11.2 Å². The molecular weight excluding hydrogens is 198 g/mol. The van der Waals surface area contributed by atoms with E-state index >= 15 is 0 Å².